The highest BCUT2D eigenvalue weighted by atomic mass is 35.7. The zero-order chi connectivity index (χ0) is 44.1. The standard InChI is InChI=1S/C8H6Cl2F11NO2Si.C8H7F11O2.C4H7F3/c1-25(9,10)2-22-3(23)4(11,6(14,15)16)24-8(20,21)5(12,13)7(17,18)19;1-2-20-3-4(9,6(12,13)14)21-8(18,19)5(10,11)7(15,16)17;1-3(2)4(5,6)7/h2H2,1H3,(H,22,23);2-3H2,1H3;3H,1-2H3. The number of halogens is 27. The normalized spacial score (nSPS) is 16.8. The van der Waals surface area contributed by atoms with E-state index in [0.717, 1.165) is 32.6 Å². The molecule has 0 radical (unpaired) electrons. The van der Waals surface area contributed by atoms with E-state index < -0.39 is 105 Å². The average Bonchev–Trinajstić information content (AvgIpc) is 2.87. The van der Waals surface area contributed by atoms with Crippen LogP contribution in [-0.2, 0) is 19.0 Å². The third-order valence-electron chi connectivity index (χ3n) is 4.79. The summed E-state index contributed by atoms with van der Waals surface area (Å²) >= 11 is 10.7. The summed E-state index contributed by atoms with van der Waals surface area (Å²) < 4.78 is 314. The van der Waals surface area contributed by atoms with E-state index in [1.165, 1.54) is 0 Å². The maximum Gasteiger partial charge on any atom is 0.462 e. The fraction of sp³-hybridized carbons (Fsp3) is 0.950. The summed E-state index contributed by atoms with van der Waals surface area (Å²) in [5.41, 5.74) is 0. The van der Waals surface area contributed by atoms with Crippen LogP contribution in [-0.4, -0.2) is 98.6 Å². The topological polar surface area (TPSA) is 56.8 Å². The van der Waals surface area contributed by atoms with Gasteiger partial charge in [-0.1, -0.05) is 13.8 Å². The van der Waals surface area contributed by atoms with Crippen LogP contribution in [0.4, 0.5) is 110 Å². The molecule has 0 bridgehead atoms. The first-order chi connectivity index (χ1) is 22.5. The Kier molecular flexibility index (Phi) is 18.6. The molecule has 0 aliphatic carbocycles. The van der Waals surface area contributed by atoms with E-state index in [1.54, 1.807) is 0 Å². The van der Waals surface area contributed by atoms with E-state index >= 15 is 0 Å². The van der Waals surface area contributed by atoms with Crippen LogP contribution in [0.5, 0.6) is 0 Å². The van der Waals surface area contributed by atoms with Crippen molar-refractivity contribution in [2.75, 3.05) is 19.4 Å². The Labute approximate surface area is 288 Å². The van der Waals surface area contributed by atoms with Crippen molar-refractivity contribution in [1.82, 2.24) is 5.32 Å². The number of ether oxygens (including phenoxy) is 3. The number of alkyl halides is 25. The van der Waals surface area contributed by atoms with Crippen molar-refractivity contribution in [2.45, 2.75) is 94.0 Å². The summed E-state index contributed by atoms with van der Waals surface area (Å²) in [6, 6.07) is 0. The van der Waals surface area contributed by atoms with Gasteiger partial charge in [0.15, 0.2) is 0 Å². The van der Waals surface area contributed by atoms with Gasteiger partial charge in [-0.15, -0.1) is 22.2 Å². The Balaban J connectivity index is -0.000000806. The molecule has 0 aromatic heterocycles. The summed E-state index contributed by atoms with van der Waals surface area (Å²) in [6.45, 7) is -2.30. The largest absolute Gasteiger partial charge is 0.462 e. The number of rotatable bonds is 12. The first-order valence-electron chi connectivity index (χ1n) is 12.4. The molecule has 0 saturated heterocycles. The van der Waals surface area contributed by atoms with Crippen LogP contribution in [0, 0.1) is 5.92 Å². The lowest BCUT2D eigenvalue weighted by atomic mass is 10.2. The Hall–Kier alpha value is -1.60. The van der Waals surface area contributed by atoms with Gasteiger partial charge in [-0.05, 0) is 13.5 Å². The molecule has 0 spiro atoms. The lowest BCUT2D eigenvalue weighted by Crippen LogP contribution is -2.64. The maximum atomic E-state index is 13.7. The number of carbonyl (C=O) groups excluding carboxylic acids is 1. The lowest BCUT2D eigenvalue weighted by molar-refractivity contribution is -0.486. The van der Waals surface area contributed by atoms with Gasteiger partial charge in [-0.25, -0.2) is 0 Å². The Bertz CT molecular complexity index is 1150. The van der Waals surface area contributed by atoms with Crippen LogP contribution >= 0.6 is 22.2 Å². The third-order valence-corrected chi connectivity index (χ3v) is 6.39. The molecule has 0 aromatic carbocycles. The molecule has 322 valence electrons. The van der Waals surface area contributed by atoms with E-state index in [-0.39, 0.29) is 0 Å². The molecule has 0 rings (SSSR count). The number of hydrogen-bond acceptors (Lipinski definition) is 4. The average molecular weight is 912 g/mol. The highest BCUT2D eigenvalue weighted by Crippen LogP contribution is 2.52. The summed E-state index contributed by atoms with van der Waals surface area (Å²) in [4.78, 5) is 11.1. The van der Waals surface area contributed by atoms with Gasteiger partial charge >= 0.3 is 66.7 Å². The third kappa shape index (κ3) is 15.5. The van der Waals surface area contributed by atoms with Gasteiger partial charge in [0.1, 0.15) is 6.61 Å². The highest BCUT2D eigenvalue weighted by Gasteiger charge is 2.80. The zero-order valence-corrected chi connectivity index (χ0v) is 28.0. The van der Waals surface area contributed by atoms with Crippen molar-refractivity contribution < 1.29 is 129 Å². The monoisotopic (exact) mass is 911 g/mol. The molecule has 0 saturated carbocycles. The molecule has 2 unspecified atom stereocenters. The van der Waals surface area contributed by atoms with Crippen molar-refractivity contribution >= 4 is 34.8 Å². The molecule has 53 heavy (non-hydrogen) atoms. The molecule has 0 fully saturated rings. The lowest BCUT2D eigenvalue weighted by Gasteiger charge is -2.34. The first kappa shape index (κ1) is 55.7. The van der Waals surface area contributed by atoms with E-state index in [2.05, 4.69) is 9.47 Å². The highest BCUT2D eigenvalue weighted by molar-refractivity contribution is 7.45. The van der Waals surface area contributed by atoms with Crippen LogP contribution < -0.4 is 5.32 Å². The molecule has 0 aliphatic rings. The number of amides is 1. The Morgan fingerprint density at radius 1 is 0.604 bits per heavy atom. The molecule has 1 amide bonds. The van der Waals surface area contributed by atoms with Gasteiger partial charge in [0.2, 0.25) is 0 Å². The van der Waals surface area contributed by atoms with E-state index in [0.29, 0.717) is 0 Å². The second kappa shape index (κ2) is 17.7. The van der Waals surface area contributed by atoms with E-state index in [9.17, 15) is 115 Å². The molecule has 33 heteroatoms. The van der Waals surface area contributed by atoms with Crippen molar-refractivity contribution in [3.63, 3.8) is 0 Å². The van der Waals surface area contributed by atoms with E-state index in [4.69, 9.17) is 22.2 Å². The second-order valence-corrected chi connectivity index (χ2v) is 17.9. The molecular formula is C20H20Cl2F25NO4Si. The summed E-state index contributed by atoms with van der Waals surface area (Å²) in [5.74, 6) is -30.4. The molecule has 1 N–H and O–H groups in total. The minimum Gasteiger partial charge on any atom is -0.375 e. The van der Waals surface area contributed by atoms with Gasteiger partial charge in [0, 0.05) is 18.7 Å². The predicted octanol–water partition coefficient (Wildman–Crippen LogP) is 10.5. The Morgan fingerprint density at radius 2 is 0.925 bits per heavy atom. The smallest absolute Gasteiger partial charge is 0.375 e. The zero-order valence-electron chi connectivity index (χ0n) is 25.5. The maximum absolute atomic E-state index is 13.7. The second-order valence-electron chi connectivity index (χ2n) is 9.79. The summed E-state index contributed by atoms with van der Waals surface area (Å²) in [7, 11) is 0. The first-order valence-corrected chi connectivity index (χ1v) is 17.1. The quantitative estimate of drug-likeness (QED) is 0.120. The SMILES string of the molecule is CC(C)C(F)(F)F.CCOCC(F)(OC(F)(F)C(F)(F)C(F)(F)F)C(F)(F)F.C[Si](Cl)(Cl)CNC(=O)C(F)(OC(F)(F)C(F)(F)C(F)(F)F)C(F)(F)F. The Morgan fingerprint density at radius 3 is 1.15 bits per heavy atom. The molecule has 0 aliphatic heterocycles. The number of hydrogen-bond donors (Lipinski definition) is 1. The van der Waals surface area contributed by atoms with Gasteiger partial charge in [-0.3, -0.25) is 14.3 Å². The summed E-state index contributed by atoms with van der Waals surface area (Å²) in [5, 5.41) is 0.962. The fourth-order valence-corrected chi connectivity index (χ4v) is 2.69. The molecule has 0 heterocycles. The van der Waals surface area contributed by atoms with Crippen molar-refractivity contribution in [3.8, 4) is 0 Å². The van der Waals surface area contributed by atoms with Crippen LogP contribution in [0.25, 0.3) is 0 Å². The predicted molar refractivity (Wildman–Crippen MR) is 128 cm³/mol. The minimum absolute atomic E-state index is 0.674. The summed E-state index contributed by atoms with van der Waals surface area (Å²) in [6.07, 6.45) is -46.2. The van der Waals surface area contributed by atoms with Gasteiger partial charge < -0.3 is 10.1 Å². The van der Waals surface area contributed by atoms with Crippen LogP contribution in [0.15, 0.2) is 0 Å². The fourth-order valence-electron chi connectivity index (χ4n) is 1.82. The molecule has 0 aromatic rings. The van der Waals surface area contributed by atoms with Crippen molar-refractivity contribution in [1.29, 1.82) is 0 Å². The van der Waals surface area contributed by atoms with Crippen LogP contribution in [0.3, 0.4) is 0 Å². The van der Waals surface area contributed by atoms with Gasteiger partial charge in [0.05, 0.1) is 0 Å². The van der Waals surface area contributed by atoms with Gasteiger partial charge in [-0.2, -0.15) is 110 Å². The molecule has 5 nitrogen and oxygen atoms in total. The van der Waals surface area contributed by atoms with Crippen LogP contribution in [0.1, 0.15) is 20.8 Å². The van der Waals surface area contributed by atoms with Crippen molar-refractivity contribution in [3.05, 3.63) is 0 Å². The number of nitrogens with one attached hydrogen (secondary N) is 1. The van der Waals surface area contributed by atoms with Crippen molar-refractivity contribution in [2.24, 2.45) is 5.92 Å². The number of carbonyl (C=O) groups is 1. The molecular weight excluding hydrogens is 892 g/mol. The van der Waals surface area contributed by atoms with Crippen LogP contribution in [0.2, 0.25) is 6.55 Å². The van der Waals surface area contributed by atoms with Gasteiger partial charge in [0.25, 0.3) is 12.6 Å². The minimum atomic E-state index is -7.24. The van der Waals surface area contributed by atoms with E-state index in [1.807, 2.05) is 4.74 Å². The molecule has 2 atom stereocenters.